The van der Waals surface area contributed by atoms with Gasteiger partial charge < -0.3 is 10.8 Å². The molecular formula is C9H13NOS. The van der Waals surface area contributed by atoms with Crippen LogP contribution in [-0.4, -0.2) is 5.11 Å². The van der Waals surface area contributed by atoms with Crippen LogP contribution in [-0.2, 0) is 6.61 Å². The average Bonchev–Trinajstić information content (AvgIpc) is 2.52. The summed E-state index contributed by atoms with van der Waals surface area (Å²) in [5.74, 6) is 0. The van der Waals surface area contributed by atoms with Gasteiger partial charge >= 0.3 is 0 Å². The van der Waals surface area contributed by atoms with Gasteiger partial charge in [-0.3, -0.25) is 0 Å². The van der Waals surface area contributed by atoms with Gasteiger partial charge in [-0.2, -0.15) is 0 Å². The molecule has 0 unspecified atom stereocenters. The molecule has 12 heavy (non-hydrogen) atoms. The van der Waals surface area contributed by atoms with Crippen LogP contribution in [0, 0.1) is 0 Å². The topological polar surface area (TPSA) is 46.2 Å². The lowest BCUT2D eigenvalue weighted by Gasteiger charge is -2.04. The van der Waals surface area contributed by atoms with Crippen LogP contribution in [0.3, 0.4) is 0 Å². The highest BCUT2D eigenvalue weighted by molar-refractivity contribution is 7.10. The minimum atomic E-state index is 0.0269. The number of hydrogen-bond donors (Lipinski definition) is 2. The molecule has 0 spiro atoms. The minimum absolute atomic E-state index is 0.0269. The number of aliphatic hydroxyl groups is 1. The van der Waals surface area contributed by atoms with Crippen molar-refractivity contribution in [3.05, 3.63) is 34.5 Å². The van der Waals surface area contributed by atoms with E-state index >= 15 is 0 Å². The Morgan fingerprint density at radius 1 is 1.75 bits per heavy atom. The number of thiophene rings is 1. The van der Waals surface area contributed by atoms with E-state index in [0.717, 1.165) is 16.9 Å². The van der Waals surface area contributed by atoms with Crippen molar-refractivity contribution in [1.29, 1.82) is 0 Å². The molecule has 0 radical (unpaired) electrons. The Hall–Kier alpha value is -0.640. The first-order chi connectivity index (χ1) is 5.77. The second-order valence-corrected chi connectivity index (χ2v) is 3.63. The first-order valence-corrected chi connectivity index (χ1v) is 4.70. The first kappa shape index (κ1) is 9.45. The molecule has 0 aliphatic rings. The zero-order chi connectivity index (χ0) is 8.97. The molecule has 1 aromatic rings. The molecule has 1 heterocycles. The molecule has 1 atom stereocenters. The van der Waals surface area contributed by atoms with Crippen LogP contribution in [0.1, 0.15) is 22.9 Å². The van der Waals surface area contributed by atoms with E-state index in [9.17, 15) is 0 Å². The zero-order valence-corrected chi connectivity index (χ0v) is 7.68. The monoisotopic (exact) mass is 183 g/mol. The Labute approximate surface area is 76.3 Å². The molecule has 0 saturated carbocycles. The van der Waals surface area contributed by atoms with Gasteiger partial charge in [0.1, 0.15) is 0 Å². The second kappa shape index (κ2) is 4.40. The normalized spacial score (nSPS) is 12.8. The maximum absolute atomic E-state index is 8.81. The van der Waals surface area contributed by atoms with Gasteiger partial charge in [-0.25, -0.2) is 0 Å². The highest BCUT2D eigenvalue weighted by atomic mass is 32.1. The van der Waals surface area contributed by atoms with Gasteiger partial charge in [-0.1, -0.05) is 6.08 Å². The van der Waals surface area contributed by atoms with Crippen molar-refractivity contribution in [2.75, 3.05) is 0 Å². The summed E-state index contributed by atoms with van der Waals surface area (Å²) in [7, 11) is 0. The number of rotatable bonds is 4. The number of aliphatic hydroxyl groups excluding tert-OH is 1. The van der Waals surface area contributed by atoms with E-state index in [0.29, 0.717) is 0 Å². The van der Waals surface area contributed by atoms with Gasteiger partial charge in [-0.05, 0) is 23.4 Å². The van der Waals surface area contributed by atoms with Crippen LogP contribution >= 0.6 is 11.3 Å². The van der Waals surface area contributed by atoms with E-state index in [2.05, 4.69) is 6.58 Å². The molecule has 0 fully saturated rings. The van der Waals surface area contributed by atoms with E-state index in [1.807, 2.05) is 11.4 Å². The fourth-order valence-electron chi connectivity index (χ4n) is 0.991. The van der Waals surface area contributed by atoms with E-state index in [4.69, 9.17) is 10.8 Å². The van der Waals surface area contributed by atoms with Crippen LogP contribution < -0.4 is 5.73 Å². The zero-order valence-electron chi connectivity index (χ0n) is 6.86. The van der Waals surface area contributed by atoms with Crippen LogP contribution in [0.2, 0.25) is 0 Å². The molecule has 0 aliphatic heterocycles. The van der Waals surface area contributed by atoms with Gasteiger partial charge in [0.05, 0.1) is 6.61 Å². The fraction of sp³-hybridized carbons (Fsp3) is 0.333. The van der Waals surface area contributed by atoms with Gasteiger partial charge in [0.2, 0.25) is 0 Å². The van der Waals surface area contributed by atoms with E-state index in [-0.39, 0.29) is 12.6 Å². The van der Waals surface area contributed by atoms with Crippen LogP contribution in [0.5, 0.6) is 0 Å². The molecule has 0 aromatic carbocycles. The Kier molecular flexibility index (Phi) is 3.47. The Morgan fingerprint density at radius 2 is 2.50 bits per heavy atom. The molecule has 2 nitrogen and oxygen atoms in total. The highest BCUT2D eigenvalue weighted by Gasteiger charge is 2.05. The molecule has 0 aliphatic carbocycles. The third-order valence-electron chi connectivity index (χ3n) is 1.68. The summed E-state index contributed by atoms with van der Waals surface area (Å²) in [5.41, 5.74) is 6.91. The van der Waals surface area contributed by atoms with E-state index in [1.165, 1.54) is 11.3 Å². The molecule has 1 rings (SSSR count). The van der Waals surface area contributed by atoms with E-state index < -0.39 is 0 Å². The van der Waals surface area contributed by atoms with Crippen molar-refractivity contribution in [2.24, 2.45) is 5.73 Å². The van der Waals surface area contributed by atoms with Crippen molar-refractivity contribution >= 4 is 11.3 Å². The summed E-state index contributed by atoms with van der Waals surface area (Å²) < 4.78 is 0. The smallest absolute Gasteiger partial charge is 0.0774 e. The van der Waals surface area contributed by atoms with Gasteiger partial charge in [0.15, 0.2) is 0 Å². The summed E-state index contributed by atoms with van der Waals surface area (Å²) in [4.78, 5) is 0.963. The van der Waals surface area contributed by atoms with Gasteiger partial charge in [0.25, 0.3) is 0 Å². The number of nitrogens with two attached hydrogens (primary N) is 1. The lowest BCUT2D eigenvalue weighted by atomic mass is 10.1. The molecule has 3 N–H and O–H groups in total. The molecule has 66 valence electrons. The van der Waals surface area contributed by atoms with Crippen molar-refractivity contribution in [3.63, 3.8) is 0 Å². The van der Waals surface area contributed by atoms with Crippen molar-refractivity contribution in [1.82, 2.24) is 0 Å². The minimum Gasteiger partial charge on any atom is -0.391 e. The van der Waals surface area contributed by atoms with Crippen LogP contribution in [0.4, 0.5) is 0 Å². The highest BCUT2D eigenvalue weighted by Crippen LogP contribution is 2.21. The predicted molar refractivity (Wildman–Crippen MR) is 52.0 cm³/mol. The Morgan fingerprint density at radius 3 is 3.00 bits per heavy atom. The Balaban J connectivity index is 2.67. The molecule has 1 aromatic heterocycles. The molecule has 0 saturated heterocycles. The molecule has 0 amide bonds. The third kappa shape index (κ3) is 2.17. The van der Waals surface area contributed by atoms with Crippen molar-refractivity contribution in [3.8, 4) is 0 Å². The molecule has 3 heteroatoms. The Bertz CT molecular complexity index is 257. The number of hydrogen-bond acceptors (Lipinski definition) is 3. The third-order valence-corrected chi connectivity index (χ3v) is 2.62. The van der Waals surface area contributed by atoms with E-state index in [1.54, 1.807) is 6.08 Å². The first-order valence-electron chi connectivity index (χ1n) is 3.82. The van der Waals surface area contributed by atoms with Crippen molar-refractivity contribution in [2.45, 2.75) is 19.1 Å². The summed E-state index contributed by atoms with van der Waals surface area (Å²) >= 11 is 1.54. The summed E-state index contributed by atoms with van der Waals surface area (Å²) in [6.45, 7) is 3.73. The lowest BCUT2D eigenvalue weighted by molar-refractivity contribution is 0.285. The largest absolute Gasteiger partial charge is 0.391 e. The average molecular weight is 183 g/mol. The SMILES string of the molecule is C=CC[C@@H](N)c1csc(CO)c1. The van der Waals surface area contributed by atoms with Gasteiger partial charge in [0, 0.05) is 10.9 Å². The summed E-state index contributed by atoms with van der Waals surface area (Å²) in [6.07, 6.45) is 2.59. The van der Waals surface area contributed by atoms with Gasteiger partial charge in [-0.15, -0.1) is 17.9 Å². The summed E-state index contributed by atoms with van der Waals surface area (Å²) in [6, 6.07) is 1.97. The fourth-order valence-corrected chi connectivity index (χ4v) is 1.80. The lowest BCUT2D eigenvalue weighted by Crippen LogP contribution is -2.07. The van der Waals surface area contributed by atoms with Crippen LogP contribution in [0.15, 0.2) is 24.1 Å². The maximum Gasteiger partial charge on any atom is 0.0774 e. The standard InChI is InChI=1S/C9H13NOS/c1-2-3-9(10)7-4-8(5-11)12-6-7/h2,4,6,9,11H,1,3,5,10H2/t9-/m1/s1. The quantitative estimate of drug-likeness (QED) is 0.699. The second-order valence-electron chi connectivity index (χ2n) is 2.64. The molecule has 0 bridgehead atoms. The summed E-state index contributed by atoms with van der Waals surface area (Å²) in [5, 5.41) is 10.8. The van der Waals surface area contributed by atoms with Crippen LogP contribution in [0.25, 0.3) is 0 Å². The predicted octanol–water partition coefficient (Wildman–Crippen LogP) is 1.82. The maximum atomic E-state index is 8.81. The van der Waals surface area contributed by atoms with Crippen molar-refractivity contribution < 1.29 is 5.11 Å². The molecular weight excluding hydrogens is 170 g/mol.